The first-order valence-electron chi connectivity index (χ1n) is 12.9. The summed E-state index contributed by atoms with van der Waals surface area (Å²) in [6, 6.07) is 0. The van der Waals surface area contributed by atoms with Gasteiger partial charge in [-0.25, -0.2) is 4.79 Å². The maximum Gasteiger partial charge on any atom is 0.356 e. The van der Waals surface area contributed by atoms with Crippen molar-refractivity contribution in [2.24, 2.45) is 39.7 Å². The fraction of sp³-hybridized carbons (Fsp3) is 0.778. The van der Waals surface area contributed by atoms with Crippen LogP contribution in [0, 0.1) is 34.5 Å². The molecule has 0 aromatic heterocycles. The summed E-state index contributed by atoms with van der Waals surface area (Å²) in [5.41, 5.74) is 0.339. The monoisotopic (exact) mass is 471 g/mol. The smallest absolute Gasteiger partial charge is 0.356 e. The Morgan fingerprint density at radius 1 is 1.15 bits per heavy atom. The molecule has 5 rings (SSSR count). The highest BCUT2D eigenvalue weighted by atomic mass is 16.7. The molecule has 3 fully saturated rings. The van der Waals surface area contributed by atoms with Gasteiger partial charge in [0.05, 0.1) is 12.5 Å². The Morgan fingerprint density at radius 2 is 1.91 bits per heavy atom. The number of fused-ring (bicyclic) bond motifs is 7. The minimum absolute atomic E-state index is 0.0224. The lowest BCUT2D eigenvalue weighted by molar-refractivity contribution is -0.174. The Hall–Kier alpha value is -2.18. The fourth-order valence-electron chi connectivity index (χ4n) is 8.75. The van der Waals surface area contributed by atoms with E-state index >= 15 is 0 Å². The molecule has 0 aromatic rings. The Labute approximate surface area is 201 Å². The normalized spacial score (nSPS) is 44.3. The molecule has 0 aromatic carbocycles. The number of ketones is 1. The van der Waals surface area contributed by atoms with Gasteiger partial charge in [-0.15, -0.1) is 0 Å². The molecular weight excluding hydrogens is 434 g/mol. The van der Waals surface area contributed by atoms with E-state index in [4.69, 9.17) is 14.3 Å². The number of nitrogens with zero attached hydrogens (tertiary/aromatic N) is 1. The highest BCUT2D eigenvalue weighted by molar-refractivity contribution is 6.38. The van der Waals surface area contributed by atoms with Gasteiger partial charge in [-0.3, -0.25) is 9.59 Å². The highest BCUT2D eigenvalue weighted by Crippen LogP contribution is 2.70. The van der Waals surface area contributed by atoms with Gasteiger partial charge in [0.15, 0.2) is 11.5 Å². The molecule has 186 valence electrons. The molecule has 0 N–H and O–H groups in total. The largest absolute Gasteiger partial charge is 0.462 e. The molecule has 1 heterocycles. The van der Waals surface area contributed by atoms with Crippen LogP contribution in [0.4, 0.5) is 0 Å². The van der Waals surface area contributed by atoms with Gasteiger partial charge >= 0.3 is 11.9 Å². The molecule has 8 atom stereocenters. The molecule has 0 spiro atoms. The van der Waals surface area contributed by atoms with Gasteiger partial charge in [0.1, 0.15) is 6.10 Å². The summed E-state index contributed by atoms with van der Waals surface area (Å²) in [5, 5.41) is 4.15. The Morgan fingerprint density at radius 3 is 2.59 bits per heavy atom. The van der Waals surface area contributed by atoms with Crippen LogP contribution in [0.1, 0.15) is 79.6 Å². The summed E-state index contributed by atoms with van der Waals surface area (Å²) in [4.78, 5) is 43.4. The molecular formula is C27H37NO6. The van der Waals surface area contributed by atoms with Crippen LogP contribution in [0.25, 0.3) is 0 Å². The van der Waals surface area contributed by atoms with Crippen LogP contribution in [0.2, 0.25) is 0 Å². The second kappa shape index (κ2) is 7.92. The van der Waals surface area contributed by atoms with Crippen molar-refractivity contribution in [1.82, 2.24) is 0 Å². The molecule has 0 saturated heterocycles. The van der Waals surface area contributed by atoms with E-state index in [1.54, 1.807) is 13.8 Å². The molecule has 4 aliphatic carbocycles. The van der Waals surface area contributed by atoms with Crippen molar-refractivity contribution in [3.05, 3.63) is 11.6 Å². The Kier molecular flexibility index (Phi) is 5.49. The van der Waals surface area contributed by atoms with Crippen molar-refractivity contribution in [3.63, 3.8) is 0 Å². The standard InChI is InChI=1S/C27H37NO6/c1-6-32-24(31)23-22-14-21-19-8-7-17-13-18(33-16(3)30)9-11-25(17,4)20(19)10-12-26(21,5)27(22,15(2)29)34-28-23/h7,18-22H,6,8-14H2,1-5H3/t18-,19-,20+,21+,22+,25-,26+,27-/m0/s1. The number of esters is 2. The van der Waals surface area contributed by atoms with Gasteiger partial charge in [-0.1, -0.05) is 30.7 Å². The van der Waals surface area contributed by atoms with E-state index in [9.17, 15) is 14.4 Å². The van der Waals surface area contributed by atoms with Crippen molar-refractivity contribution in [3.8, 4) is 0 Å². The summed E-state index contributed by atoms with van der Waals surface area (Å²) in [7, 11) is 0. The SMILES string of the molecule is CCOC(=O)C1=NO[C@@]2(C(C)=O)[C@@H]1C[C@@H]1[C@H]3CC=C4C[C@@H](OC(C)=O)CC[C@]4(C)[C@@H]3CC[C@]12C. The first kappa shape index (κ1) is 23.6. The topological polar surface area (TPSA) is 91.3 Å². The molecule has 0 amide bonds. The Balaban J connectivity index is 1.47. The second-order valence-electron chi connectivity index (χ2n) is 11.6. The minimum atomic E-state index is -1.08. The van der Waals surface area contributed by atoms with Gasteiger partial charge in [0, 0.05) is 18.8 Å². The molecule has 3 saturated carbocycles. The van der Waals surface area contributed by atoms with Crippen molar-refractivity contribution in [2.75, 3.05) is 6.61 Å². The third-order valence-corrected chi connectivity index (χ3v) is 10.2. The Bertz CT molecular complexity index is 986. The van der Waals surface area contributed by atoms with E-state index < -0.39 is 11.6 Å². The maximum absolute atomic E-state index is 13.2. The average molecular weight is 472 g/mol. The molecule has 7 nitrogen and oxygen atoms in total. The highest BCUT2D eigenvalue weighted by Gasteiger charge is 2.75. The first-order valence-corrected chi connectivity index (χ1v) is 12.9. The van der Waals surface area contributed by atoms with Crippen LogP contribution in [-0.2, 0) is 28.7 Å². The summed E-state index contributed by atoms with van der Waals surface area (Å²) < 4.78 is 10.8. The summed E-state index contributed by atoms with van der Waals surface area (Å²) >= 11 is 0. The quantitative estimate of drug-likeness (QED) is 0.446. The number of oxime groups is 1. The van der Waals surface area contributed by atoms with Crippen LogP contribution >= 0.6 is 0 Å². The summed E-state index contributed by atoms with van der Waals surface area (Å²) in [6.07, 6.45) is 8.66. The van der Waals surface area contributed by atoms with Crippen LogP contribution < -0.4 is 0 Å². The zero-order valence-electron chi connectivity index (χ0n) is 21.0. The molecule has 5 aliphatic rings. The molecule has 0 unspecified atom stereocenters. The predicted molar refractivity (Wildman–Crippen MR) is 125 cm³/mol. The number of hydrogen-bond donors (Lipinski definition) is 0. The molecule has 7 heteroatoms. The third-order valence-electron chi connectivity index (χ3n) is 10.2. The lowest BCUT2D eigenvalue weighted by Gasteiger charge is -2.58. The average Bonchev–Trinajstić information content (AvgIpc) is 3.28. The van der Waals surface area contributed by atoms with Crippen LogP contribution in [-0.4, -0.2) is 41.7 Å². The number of hydrogen-bond acceptors (Lipinski definition) is 7. The zero-order chi connectivity index (χ0) is 24.5. The third kappa shape index (κ3) is 3.00. The van der Waals surface area contributed by atoms with E-state index in [1.807, 2.05) is 0 Å². The van der Waals surface area contributed by atoms with Crippen molar-refractivity contribution in [2.45, 2.75) is 91.3 Å². The number of Topliss-reactive ketones (excluding diaryl/α,β-unsaturated/α-hetero) is 1. The van der Waals surface area contributed by atoms with Gasteiger partial charge in [0.2, 0.25) is 5.60 Å². The number of ether oxygens (including phenoxy) is 2. The first-order chi connectivity index (χ1) is 16.1. The van der Waals surface area contributed by atoms with E-state index in [2.05, 4.69) is 25.1 Å². The summed E-state index contributed by atoms with van der Waals surface area (Å²) in [5.74, 6) is 0.139. The fourth-order valence-corrected chi connectivity index (χ4v) is 8.75. The van der Waals surface area contributed by atoms with Gasteiger partial charge in [-0.05, 0) is 75.5 Å². The van der Waals surface area contributed by atoms with Crippen LogP contribution in [0.15, 0.2) is 16.8 Å². The van der Waals surface area contributed by atoms with Gasteiger partial charge in [0.25, 0.3) is 0 Å². The molecule has 0 radical (unpaired) electrons. The van der Waals surface area contributed by atoms with Gasteiger partial charge < -0.3 is 14.3 Å². The maximum atomic E-state index is 13.2. The van der Waals surface area contributed by atoms with Crippen molar-refractivity contribution in [1.29, 1.82) is 0 Å². The molecule has 34 heavy (non-hydrogen) atoms. The lowest BCUT2D eigenvalue weighted by atomic mass is 9.46. The van der Waals surface area contributed by atoms with Crippen molar-refractivity contribution >= 4 is 23.4 Å². The number of allylic oxidation sites excluding steroid dienone is 1. The number of carbonyl (C=O) groups is 3. The molecule has 1 aliphatic heterocycles. The van der Waals surface area contributed by atoms with Crippen molar-refractivity contribution < 1.29 is 28.7 Å². The van der Waals surface area contributed by atoms with E-state index in [1.165, 1.54) is 12.5 Å². The number of rotatable bonds is 4. The summed E-state index contributed by atoms with van der Waals surface area (Å²) in [6.45, 7) is 9.70. The lowest BCUT2D eigenvalue weighted by Crippen LogP contribution is -2.59. The van der Waals surface area contributed by atoms with Gasteiger partial charge in [-0.2, -0.15) is 0 Å². The van der Waals surface area contributed by atoms with E-state index in [0.29, 0.717) is 11.8 Å². The number of carbonyl (C=O) groups excluding carboxylic acids is 3. The van der Waals surface area contributed by atoms with E-state index in [-0.39, 0.29) is 52.8 Å². The van der Waals surface area contributed by atoms with Crippen LogP contribution in [0.3, 0.4) is 0 Å². The predicted octanol–water partition coefficient (Wildman–Crippen LogP) is 4.38. The van der Waals surface area contributed by atoms with Crippen LogP contribution in [0.5, 0.6) is 0 Å². The second-order valence-corrected chi connectivity index (χ2v) is 11.6. The molecule has 0 bridgehead atoms. The minimum Gasteiger partial charge on any atom is -0.462 e. The van der Waals surface area contributed by atoms with E-state index in [0.717, 1.165) is 44.9 Å². The zero-order valence-corrected chi connectivity index (χ0v) is 21.0.